The fraction of sp³-hybridized carbons (Fsp3) is 0.150. The minimum Gasteiger partial charge on any atom is -0.378 e. The van der Waals surface area contributed by atoms with Gasteiger partial charge in [0.2, 0.25) is 0 Å². The highest BCUT2D eigenvalue weighted by Gasteiger charge is 2.27. The van der Waals surface area contributed by atoms with E-state index in [0.717, 1.165) is 0 Å². The third-order valence-corrected chi connectivity index (χ3v) is 23.6. The Morgan fingerprint density at radius 2 is 0.424 bits per heavy atom. The van der Waals surface area contributed by atoms with Crippen LogP contribution < -0.4 is 19.6 Å². The molecule has 0 saturated heterocycles. The first-order chi connectivity index (χ1) is 44.5. The van der Waals surface area contributed by atoms with Crippen molar-refractivity contribution in [2.24, 2.45) is 0 Å². The van der Waals surface area contributed by atoms with E-state index in [4.69, 9.17) is 0 Å². The average Bonchev–Trinajstić information content (AvgIpc) is 1.55. The van der Waals surface area contributed by atoms with Gasteiger partial charge in [-0.15, -0.1) is 45.3 Å². The second-order valence-electron chi connectivity index (χ2n) is 25.9. The van der Waals surface area contributed by atoms with Gasteiger partial charge in [0.1, 0.15) is 0 Å². The summed E-state index contributed by atoms with van der Waals surface area (Å²) < 4.78 is 20.6. The van der Waals surface area contributed by atoms with Crippen LogP contribution in [0.1, 0.15) is 22.3 Å². The van der Waals surface area contributed by atoms with Crippen molar-refractivity contribution in [3.05, 3.63) is 216 Å². The zero-order chi connectivity index (χ0) is 62.9. The first-order valence-corrected chi connectivity index (χ1v) is 34.6. The molecule has 452 valence electrons. The summed E-state index contributed by atoms with van der Waals surface area (Å²) in [6, 6.07) is 73.4. The van der Waals surface area contributed by atoms with Gasteiger partial charge in [-0.2, -0.15) is 0 Å². The molecule has 8 heterocycles. The number of hydrogen-bond donors (Lipinski definition) is 0. The monoisotopic (exact) mass is 1270 g/mol. The van der Waals surface area contributed by atoms with Crippen LogP contribution in [0.3, 0.4) is 0 Å². The molecule has 0 unspecified atom stereocenters. The van der Waals surface area contributed by atoms with Gasteiger partial charge in [-0.1, -0.05) is 70.8 Å². The van der Waals surface area contributed by atoms with Gasteiger partial charge >= 0.3 is 0 Å². The summed E-state index contributed by atoms with van der Waals surface area (Å²) in [5.41, 5.74) is 25.0. The van der Waals surface area contributed by atoms with Crippen molar-refractivity contribution >= 4 is 193 Å². The summed E-state index contributed by atoms with van der Waals surface area (Å²) in [6.45, 7) is 8.64. The van der Waals surface area contributed by atoms with Crippen LogP contribution in [-0.4, -0.2) is 74.6 Å². The van der Waals surface area contributed by atoms with E-state index >= 15 is 0 Å². The zero-order valence-corrected chi connectivity index (χ0v) is 57.0. The number of aromatic nitrogens is 4. The van der Waals surface area contributed by atoms with Crippen LogP contribution in [0.4, 0.5) is 22.7 Å². The molecule has 0 aliphatic heterocycles. The first-order valence-electron chi connectivity index (χ1n) is 31.3. The van der Waals surface area contributed by atoms with Crippen molar-refractivity contribution in [2.75, 3.05) is 76.0 Å². The summed E-state index contributed by atoms with van der Waals surface area (Å²) in [5.74, 6) is 0. The quantitative estimate of drug-likeness (QED) is 0.152. The molecule has 0 fully saturated rings. The number of nitrogens with zero attached hydrogens (tertiary/aromatic N) is 8. The number of fused-ring (bicyclic) bond motifs is 20. The van der Waals surface area contributed by atoms with E-state index in [-0.39, 0.29) is 0 Å². The molecule has 12 heteroatoms. The third-order valence-electron chi connectivity index (χ3n) is 18.9. The van der Waals surface area contributed by atoms with Gasteiger partial charge in [-0.25, -0.2) is 0 Å². The number of hydrogen-bond acceptors (Lipinski definition) is 8. The lowest BCUT2D eigenvalue weighted by molar-refractivity contribution is 1.14. The summed E-state index contributed by atoms with van der Waals surface area (Å²) in [7, 11) is 16.9. The Morgan fingerprint density at radius 1 is 0.228 bits per heavy atom. The molecular formula is C80H68N8S4. The van der Waals surface area contributed by atoms with E-state index < -0.39 is 0 Å². The van der Waals surface area contributed by atoms with Crippen LogP contribution in [0.15, 0.2) is 194 Å². The molecule has 0 aliphatic carbocycles. The first kappa shape index (κ1) is 56.4. The number of anilines is 4. The second kappa shape index (κ2) is 21.0. The molecule has 0 aliphatic rings. The van der Waals surface area contributed by atoms with Gasteiger partial charge in [0, 0.05) is 164 Å². The molecule has 92 heavy (non-hydrogen) atoms. The van der Waals surface area contributed by atoms with Crippen molar-refractivity contribution in [1.29, 1.82) is 0 Å². The van der Waals surface area contributed by atoms with Crippen LogP contribution in [-0.2, 0) is 0 Å². The molecule has 8 aromatic heterocycles. The maximum absolute atomic E-state index is 2.50. The molecule has 0 spiro atoms. The van der Waals surface area contributed by atoms with Crippen LogP contribution >= 0.6 is 45.3 Å². The third kappa shape index (κ3) is 8.64. The van der Waals surface area contributed by atoms with E-state index in [1.807, 2.05) is 45.3 Å². The number of benzene rings is 10. The Labute approximate surface area is 550 Å². The topological polar surface area (TPSA) is 32.7 Å². The van der Waals surface area contributed by atoms with Gasteiger partial charge in [0.05, 0.1) is 62.9 Å². The molecule has 0 saturated carbocycles. The molecule has 18 aromatic rings. The van der Waals surface area contributed by atoms with E-state index in [1.165, 1.54) is 193 Å². The molecule has 10 aromatic carbocycles. The standard InChI is InChI=1S/2C40H34N4S2/c2*1-23-7-11-25(12-8-23)43-33-21-32-34(22-31(33)39-37(43)29-17-15-27(41(3)4)19-35(29)45-39)44(26-13-9-24(2)10-14-26)38-30-18-16-28(42(5)6)20-36(30)46-40(32)38/h2*7-22H,1-6H3. The lowest BCUT2D eigenvalue weighted by atomic mass is 10.1. The normalized spacial score (nSPS) is 12.1. The molecule has 0 N–H and O–H groups in total. The minimum atomic E-state index is 1.20. The summed E-state index contributed by atoms with van der Waals surface area (Å²) in [6.07, 6.45) is 0. The van der Waals surface area contributed by atoms with Crippen LogP contribution in [0.2, 0.25) is 0 Å². The smallest absolute Gasteiger partial charge is 0.0727 e. The Balaban J connectivity index is 0.000000141. The van der Waals surface area contributed by atoms with Gasteiger partial charge in [-0.3, -0.25) is 0 Å². The molecule has 0 bridgehead atoms. The fourth-order valence-electron chi connectivity index (χ4n) is 14.0. The van der Waals surface area contributed by atoms with E-state index in [1.54, 1.807) is 0 Å². The van der Waals surface area contributed by atoms with Crippen molar-refractivity contribution in [3.8, 4) is 22.7 Å². The molecule has 0 atom stereocenters. The maximum Gasteiger partial charge on any atom is 0.0727 e. The lowest BCUT2D eigenvalue weighted by Crippen LogP contribution is -2.07. The van der Waals surface area contributed by atoms with Gasteiger partial charge in [-0.05, 0) is 173 Å². The Kier molecular flexibility index (Phi) is 12.9. The highest BCUT2D eigenvalue weighted by atomic mass is 32.1. The predicted molar refractivity (Wildman–Crippen MR) is 408 cm³/mol. The lowest BCUT2D eigenvalue weighted by Gasteiger charge is -2.13. The van der Waals surface area contributed by atoms with Gasteiger partial charge in [0.25, 0.3) is 0 Å². The average molecular weight is 1270 g/mol. The summed E-state index contributed by atoms with van der Waals surface area (Å²) in [4.78, 5) is 8.75. The summed E-state index contributed by atoms with van der Waals surface area (Å²) in [5, 5.41) is 10.4. The largest absolute Gasteiger partial charge is 0.378 e. The predicted octanol–water partition coefficient (Wildman–Crippen LogP) is 22.1. The molecule has 0 amide bonds. The van der Waals surface area contributed by atoms with Gasteiger partial charge < -0.3 is 37.9 Å². The fourth-order valence-corrected chi connectivity index (χ4v) is 19.0. The SMILES string of the molecule is Cc1ccc(-n2c3cc4c5sc6cc(N(C)C)ccc6c5n(-c5ccc(C)cc5)c4cc3c3sc4cc(N(C)C)ccc4c32)cc1.Cc1ccc(-n2c3cc4c5sc6cc(N(C)C)ccc6c5n(-c5ccc(C)cc5)c4cc3c3sc4cc(N(C)C)ccc4c32)cc1. The van der Waals surface area contributed by atoms with Crippen molar-refractivity contribution in [3.63, 3.8) is 0 Å². The minimum absolute atomic E-state index is 1.20. The number of aryl methyl sites for hydroxylation is 4. The molecular weight excluding hydrogens is 1200 g/mol. The summed E-state index contributed by atoms with van der Waals surface area (Å²) >= 11 is 7.64. The van der Waals surface area contributed by atoms with Crippen molar-refractivity contribution in [2.45, 2.75) is 27.7 Å². The Hall–Kier alpha value is -9.56. The number of rotatable bonds is 8. The van der Waals surface area contributed by atoms with E-state index in [0.29, 0.717) is 0 Å². The zero-order valence-electron chi connectivity index (χ0n) is 53.7. The van der Waals surface area contributed by atoms with Gasteiger partial charge in [0.15, 0.2) is 0 Å². The highest BCUT2D eigenvalue weighted by Crippen LogP contribution is 2.51. The van der Waals surface area contributed by atoms with Crippen LogP contribution in [0, 0.1) is 27.7 Å². The second-order valence-corrected chi connectivity index (χ2v) is 30.1. The van der Waals surface area contributed by atoms with Crippen molar-refractivity contribution in [1.82, 2.24) is 18.3 Å². The molecule has 0 radical (unpaired) electrons. The van der Waals surface area contributed by atoms with Crippen LogP contribution in [0.5, 0.6) is 0 Å². The highest BCUT2D eigenvalue weighted by molar-refractivity contribution is 7.28. The Morgan fingerprint density at radius 3 is 0.609 bits per heavy atom. The maximum atomic E-state index is 2.50. The number of thiophene rings is 4. The molecule has 8 nitrogen and oxygen atoms in total. The van der Waals surface area contributed by atoms with E-state index in [2.05, 4.69) is 316 Å². The molecule has 18 rings (SSSR count). The van der Waals surface area contributed by atoms with Crippen LogP contribution in [0.25, 0.3) is 148 Å². The van der Waals surface area contributed by atoms with E-state index in [9.17, 15) is 0 Å². The van der Waals surface area contributed by atoms with Crippen molar-refractivity contribution < 1.29 is 0 Å². The Bertz CT molecular complexity index is 5290.